The van der Waals surface area contributed by atoms with Crippen LogP contribution in [0.15, 0.2) is 0 Å². The Labute approximate surface area is 295 Å². The van der Waals surface area contributed by atoms with Gasteiger partial charge in [0.1, 0.15) is 36.6 Å². The summed E-state index contributed by atoms with van der Waals surface area (Å²) in [5.41, 5.74) is 0. The first-order chi connectivity index (χ1) is 24.0. The average Bonchev–Trinajstić information content (AvgIpc) is 3.09. The zero-order chi connectivity index (χ0) is 39.7. The van der Waals surface area contributed by atoms with Gasteiger partial charge in [-0.25, -0.2) is 14.4 Å². The Balaban J connectivity index is 1.94. The summed E-state index contributed by atoms with van der Waals surface area (Å²) in [6.07, 6.45) is -25.3. The Morgan fingerprint density at radius 1 is 0.596 bits per heavy atom. The highest BCUT2D eigenvalue weighted by Gasteiger charge is 2.60. The van der Waals surface area contributed by atoms with E-state index in [9.17, 15) is 85.9 Å². The van der Waals surface area contributed by atoms with Crippen molar-refractivity contribution in [2.24, 2.45) is 17.8 Å². The van der Waals surface area contributed by atoms with Crippen molar-refractivity contribution in [1.29, 1.82) is 0 Å². The van der Waals surface area contributed by atoms with Gasteiger partial charge in [-0.05, 0) is 0 Å². The maximum Gasteiger partial charge on any atom is 0.364 e. The number of rotatable bonds is 16. The van der Waals surface area contributed by atoms with Crippen molar-refractivity contribution in [2.45, 2.75) is 131 Å². The van der Waals surface area contributed by atoms with Crippen molar-refractivity contribution >= 4 is 17.9 Å². The van der Waals surface area contributed by atoms with Gasteiger partial charge in [0.2, 0.25) is 0 Å². The first-order valence-electron chi connectivity index (χ1n) is 16.5. The topological polar surface area (TPSA) is 381 Å². The van der Waals surface area contributed by atoms with Crippen LogP contribution in [0.2, 0.25) is 0 Å². The zero-order valence-electron chi connectivity index (χ0n) is 28.4. The molecule has 3 rings (SSSR count). The molecule has 0 bridgehead atoms. The number of carboxylic acid groups (broad SMARTS) is 3. The number of carboxylic acids is 3. The van der Waals surface area contributed by atoms with Crippen LogP contribution in [0.1, 0.15) is 40.0 Å². The highest BCUT2D eigenvalue weighted by molar-refractivity contribution is 5.77. The van der Waals surface area contributed by atoms with E-state index in [0.29, 0.717) is 0 Å². The molecule has 14 N–H and O–H groups in total. The Hall–Kier alpha value is -2.23. The highest BCUT2D eigenvalue weighted by Crippen LogP contribution is 2.42. The first-order valence-corrected chi connectivity index (χ1v) is 16.5. The lowest BCUT2D eigenvalue weighted by molar-refractivity contribution is -0.362. The van der Waals surface area contributed by atoms with Gasteiger partial charge in [0.05, 0.1) is 56.4 Å². The average molecular weight is 763 g/mol. The maximum atomic E-state index is 12.7. The lowest BCUT2D eigenvalue weighted by Gasteiger charge is -2.49. The molecule has 3 aliphatic rings. The number of hydrogen-bond donors (Lipinski definition) is 14. The molecule has 0 spiro atoms. The molecule has 3 aliphatic heterocycles. The minimum absolute atomic E-state index is 0.810. The number of aliphatic hydroxyl groups is 11. The van der Waals surface area contributed by atoms with E-state index in [1.54, 1.807) is 0 Å². The SMILES string of the molecule is C[C@H]1C([C@H](O)C(CO)O[C@]2(C(=O)O)C[C@@H](O)[C@@H](C)C([C@H](O)C(CO)O[C@]3(C(=O)O)C[C@@H](O)[C@@H](C)C([C@H](O)[C@H](O)CO)O3)O2)O[C@@](O)(C(=O)O)C[C@H]1O. The molecule has 0 aromatic heterocycles. The van der Waals surface area contributed by atoms with Crippen LogP contribution in [0.3, 0.4) is 0 Å². The lowest BCUT2D eigenvalue weighted by atomic mass is 9.83. The molecular weight excluding hydrogens is 712 g/mol. The molecule has 0 saturated carbocycles. The molecule has 3 saturated heterocycles. The predicted octanol–water partition coefficient (Wildman–Crippen LogP) is -6.13. The van der Waals surface area contributed by atoms with E-state index < -0.39 is 165 Å². The van der Waals surface area contributed by atoms with Crippen LogP contribution in [-0.4, -0.2) is 200 Å². The maximum absolute atomic E-state index is 12.7. The molecule has 52 heavy (non-hydrogen) atoms. The van der Waals surface area contributed by atoms with Gasteiger partial charge in [0, 0.05) is 37.0 Å². The van der Waals surface area contributed by atoms with Gasteiger partial charge in [0.15, 0.2) is 0 Å². The Morgan fingerprint density at radius 3 is 1.27 bits per heavy atom. The van der Waals surface area contributed by atoms with Gasteiger partial charge in [-0.2, -0.15) is 0 Å². The van der Waals surface area contributed by atoms with E-state index in [4.69, 9.17) is 23.7 Å². The molecule has 22 heteroatoms. The number of aliphatic hydroxyl groups excluding tert-OH is 10. The van der Waals surface area contributed by atoms with Crippen LogP contribution >= 0.6 is 0 Å². The fourth-order valence-electron chi connectivity index (χ4n) is 6.66. The number of ether oxygens (including phenoxy) is 5. The fourth-order valence-corrected chi connectivity index (χ4v) is 6.66. The molecule has 302 valence electrons. The summed E-state index contributed by atoms with van der Waals surface area (Å²) >= 11 is 0. The Morgan fingerprint density at radius 2 is 0.942 bits per heavy atom. The Bertz CT molecular complexity index is 1240. The van der Waals surface area contributed by atoms with Gasteiger partial charge in [0.25, 0.3) is 17.4 Å². The molecule has 0 aliphatic carbocycles. The second-order valence-corrected chi connectivity index (χ2v) is 13.7. The van der Waals surface area contributed by atoms with Crippen molar-refractivity contribution in [3.05, 3.63) is 0 Å². The van der Waals surface area contributed by atoms with Crippen LogP contribution in [0, 0.1) is 17.8 Å². The summed E-state index contributed by atoms with van der Waals surface area (Å²) in [5.74, 6) is -18.2. The smallest absolute Gasteiger partial charge is 0.364 e. The summed E-state index contributed by atoms with van der Waals surface area (Å²) in [6.45, 7) is 0.465. The van der Waals surface area contributed by atoms with Crippen LogP contribution in [0.25, 0.3) is 0 Å². The summed E-state index contributed by atoms with van der Waals surface area (Å²) in [7, 11) is 0. The molecule has 0 aromatic carbocycles. The first kappa shape index (κ1) is 44.2. The molecule has 0 aromatic rings. The molecule has 22 nitrogen and oxygen atoms in total. The second-order valence-electron chi connectivity index (χ2n) is 13.7. The quantitative estimate of drug-likeness (QED) is 0.0695. The van der Waals surface area contributed by atoms with Crippen LogP contribution < -0.4 is 0 Å². The van der Waals surface area contributed by atoms with E-state index in [2.05, 4.69) is 0 Å². The van der Waals surface area contributed by atoms with Crippen LogP contribution in [0.5, 0.6) is 0 Å². The number of aliphatic carboxylic acids is 3. The molecule has 3 fully saturated rings. The zero-order valence-corrected chi connectivity index (χ0v) is 28.4. The third kappa shape index (κ3) is 8.67. The van der Waals surface area contributed by atoms with Crippen molar-refractivity contribution in [1.82, 2.24) is 0 Å². The second kappa shape index (κ2) is 17.1. The third-order valence-corrected chi connectivity index (χ3v) is 10.2. The largest absolute Gasteiger partial charge is 0.477 e. The van der Waals surface area contributed by atoms with Crippen molar-refractivity contribution in [3.63, 3.8) is 0 Å². The molecule has 3 heterocycles. The molecule has 18 atom stereocenters. The normalized spacial score (nSPS) is 42.0. The van der Waals surface area contributed by atoms with Gasteiger partial charge in [-0.1, -0.05) is 20.8 Å². The van der Waals surface area contributed by atoms with E-state index in [0.717, 1.165) is 0 Å². The molecule has 0 radical (unpaired) electrons. The minimum Gasteiger partial charge on any atom is -0.477 e. The van der Waals surface area contributed by atoms with Crippen molar-refractivity contribution < 1.29 is 110 Å². The lowest BCUT2D eigenvalue weighted by Crippen LogP contribution is -2.66. The highest BCUT2D eigenvalue weighted by atomic mass is 16.8. The standard InChI is InChI=1S/C30H50O22/c1-10-13(34)4-28(47,25(41)42)50-23(10)20(39)17(8-32)48-30(27(45)46)6-15(36)12(3)24(52-30)21(40)18(9-33)49-29(26(43)44)5-14(35)11(2)22(51-29)19(38)16(37)7-31/h10-24,31-40,47H,4-9H2,1-3H3,(H,41,42)(H,43,44)(H,45,46)/t10-,11-,12-,13-,14-,15-,16-,17?,18?,19-,20-,21-,22?,23?,24?,28-,29-,30-/m1/s1. The molecule has 5 unspecified atom stereocenters. The van der Waals surface area contributed by atoms with Crippen LogP contribution in [-0.2, 0) is 38.1 Å². The van der Waals surface area contributed by atoms with E-state index in [1.807, 2.05) is 0 Å². The van der Waals surface area contributed by atoms with Gasteiger partial charge in [-0.15, -0.1) is 0 Å². The van der Waals surface area contributed by atoms with Crippen molar-refractivity contribution in [3.8, 4) is 0 Å². The summed E-state index contributed by atoms with van der Waals surface area (Å²) in [6, 6.07) is 0. The van der Waals surface area contributed by atoms with Gasteiger partial charge in [-0.3, -0.25) is 0 Å². The summed E-state index contributed by atoms with van der Waals surface area (Å²) in [4.78, 5) is 36.9. The number of hydrogen-bond acceptors (Lipinski definition) is 19. The Kier molecular flexibility index (Phi) is 14.5. The van der Waals surface area contributed by atoms with E-state index in [1.165, 1.54) is 20.8 Å². The molecular formula is C30H50O22. The van der Waals surface area contributed by atoms with Gasteiger partial charge >= 0.3 is 17.9 Å². The monoisotopic (exact) mass is 762 g/mol. The predicted molar refractivity (Wildman–Crippen MR) is 162 cm³/mol. The van der Waals surface area contributed by atoms with Crippen LogP contribution in [0.4, 0.5) is 0 Å². The van der Waals surface area contributed by atoms with Gasteiger partial charge < -0.3 is 95.2 Å². The number of carbonyl (C=O) groups is 3. The fraction of sp³-hybridized carbons (Fsp3) is 0.900. The summed E-state index contributed by atoms with van der Waals surface area (Å²) < 4.78 is 27.4. The summed E-state index contributed by atoms with van der Waals surface area (Å²) in [5, 5.41) is 145. The minimum atomic E-state index is -3.04. The van der Waals surface area contributed by atoms with Crippen molar-refractivity contribution in [2.75, 3.05) is 19.8 Å². The van der Waals surface area contributed by atoms with E-state index >= 15 is 0 Å². The van der Waals surface area contributed by atoms with E-state index in [-0.39, 0.29) is 0 Å². The molecule has 0 amide bonds. The third-order valence-electron chi connectivity index (χ3n) is 10.2.